The summed E-state index contributed by atoms with van der Waals surface area (Å²) in [4.78, 5) is 3.81. The zero-order valence-electron chi connectivity index (χ0n) is 8.01. The first-order valence-corrected chi connectivity index (χ1v) is 4.37. The van der Waals surface area contributed by atoms with E-state index in [9.17, 15) is 4.39 Å². The van der Waals surface area contributed by atoms with Crippen molar-refractivity contribution in [1.29, 1.82) is 0 Å². The largest absolute Gasteiger partial charge is 0.418 e. The van der Waals surface area contributed by atoms with Gasteiger partial charge in [0.25, 0.3) is 5.89 Å². The molecule has 5 nitrogen and oxygen atoms in total. The van der Waals surface area contributed by atoms with Gasteiger partial charge in [-0.2, -0.15) is 0 Å². The molecule has 2 heterocycles. The van der Waals surface area contributed by atoms with Gasteiger partial charge >= 0.3 is 0 Å². The Labute approximate surface area is 85.1 Å². The minimum absolute atomic E-state index is 0.238. The van der Waals surface area contributed by atoms with Crippen LogP contribution in [0.3, 0.4) is 0 Å². The van der Waals surface area contributed by atoms with E-state index >= 15 is 0 Å². The van der Waals surface area contributed by atoms with Crippen LogP contribution in [0.5, 0.6) is 0 Å². The SMILES string of the molecule is CC(N)c1nnc(-c2ccc(F)cn2)o1. The summed E-state index contributed by atoms with van der Waals surface area (Å²) in [7, 11) is 0. The van der Waals surface area contributed by atoms with Gasteiger partial charge in [0.1, 0.15) is 11.5 Å². The highest BCUT2D eigenvalue weighted by molar-refractivity contribution is 5.45. The Morgan fingerprint density at radius 3 is 2.73 bits per heavy atom. The number of halogens is 1. The van der Waals surface area contributed by atoms with Crippen molar-refractivity contribution in [3.63, 3.8) is 0 Å². The van der Waals surface area contributed by atoms with Gasteiger partial charge in [0, 0.05) is 0 Å². The molecule has 0 spiro atoms. The Balaban J connectivity index is 2.33. The van der Waals surface area contributed by atoms with Gasteiger partial charge in [0.2, 0.25) is 5.89 Å². The van der Waals surface area contributed by atoms with E-state index < -0.39 is 5.82 Å². The summed E-state index contributed by atoms with van der Waals surface area (Å²) in [5.41, 5.74) is 5.98. The monoisotopic (exact) mass is 208 g/mol. The van der Waals surface area contributed by atoms with Crippen molar-refractivity contribution < 1.29 is 8.81 Å². The molecule has 0 saturated heterocycles. The minimum Gasteiger partial charge on any atom is -0.418 e. The fraction of sp³-hybridized carbons (Fsp3) is 0.222. The van der Waals surface area contributed by atoms with Gasteiger partial charge in [-0.25, -0.2) is 9.37 Å². The molecule has 0 aliphatic carbocycles. The van der Waals surface area contributed by atoms with Gasteiger partial charge < -0.3 is 10.2 Å². The predicted octanol–water partition coefficient (Wildman–Crippen LogP) is 1.29. The van der Waals surface area contributed by atoms with Crippen molar-refractivity contribution >= 4 is 0 Å². The van der Waals surface area contributed by atoms with Crippen LogP contribution >= 0.6 is 0 Å². The molecule has 15 heavy (non-hydrogen) atoms. The lowest BCUT2D eigenvalue weighted by Gasteiger charge is -1.95. The summed E-state index contributed by atoms with van der Waals surface area (Å²) in [5.74, 6) is 0.157. The topological polar surface area (TPSA) is 77.8 Å². The smallest absolute Gasteiger partial charge is 0.266 e. The summed E-state index contributed by atoms with van der Waals surface area (Å²) in [6, 6.07) is 2.41. The molecular weight excluding hydrogens is 199 g/mol. The van der Waals surface area contributed by atoms with Crippen LogP contribution in [0.4, 0.5) is 4.39 Å². The van der Waals surface area contributed by atoms with E-state index in [4.69, 9.17) is 10.2 Å². The molecule has 1 unspecified atom stereocenters. The van der Waals surface area contributed by atoms with Crippen LogP contribution in [0.15, 0.2) is 22.7 Å². The lowest BCUT2D eigenvalue weighted by molar-refractivity contribution is 0.472. The second-order valence-electron chi connectivity index (χ2n) is 3.10. The molecule has 2 rings (SSSR count). The zero-order valence-corrected chi connectivity index (χ0v) is 8.01. The van der Waals surface area contributed by atoms with E-state index in [1.165, 1.54) is 12.1 Å². The summed E-state index contributed by atoms with van der Waals surface area (Å²) in [6.45, 7) is 1.73. The van der Waals surface area contributed by atoms with E-state index in [0.29, 0.717) is 11.6 Å². The molecule has 2 aromatic heterocycles. The predicted molar refractivity (Wildman–Crippen MR) is 50.1 cm³/mol. The third-order valence-electron chi connectivity index (χ3n) is 1.78. The summed E-state index contributed by atoms with van der Waals surface area (Å²) in [6.07, 6.45) is 1.09. The third-order valence-corrected chi connectivity index (χ3v) is 1.78. The van der Waals surface area contributed by atoms with Crippen LogP contribution in [-0.4, -0.2) is 15.2 Å². The quantitative estimate of drug-likeness (QED) is 0.804. The molecule has 0 fully saturated rings. The molecule has 78 valence electrons. The molecule has 2 aromatic rings. The second kappa shape index (κ2) is 3.74. The number of rotatable bonds is 2. The fourth-order valence-electron chi connectivity index (χ4n) is 1.02. The normalized spacial score (nSPS) is 12.7. The molecule has 0 amide bonds. The van der Waals surface area contributed by atoms with Crippen LogP contribution in [0.1, 0.15) is 18.9 Å². The number of pyridine rings is 1. The maximum absolute atomic E-state index is 12.6. The van der Waals surface area contributed by atoms with Crippen molar-refractivity contribution in [2.75, 3.05) is 0 Å². The Morgan fingerprint density at radius 2 is 2.20 bits per heavy atom. The third kappa shape index (κ3) is 1.99. The molecule has 0 bridgehead atoms. The molecule has 6 heteroatoms. The van der Waals surface area contributed by atoms with Crippen LogP contribution in [0.25, 0.3) is 11.6 Å². The highest BCUT2D eigenvalue weighted by atomic mass is 19.1. The maximum Gasteiger partial charge on any atom is 0.266 e. The molecule has 0 aliphatic heterocycles. The van der Waals surface area contributed by atoms with E-state index in [1.54, 1.807) is 6.92 Å². The lowest BCUT2D eigenvalue weighted by atomic mass is 10.3. The van der Waals surface area contributed by atoms with Crippen LogP contribution in [0, 0.1) is 5.82 Å². The maximum atomic E-state index is 12.6. The van der Waals surface area contributed by atoms with Crippen molar-refractivity contribution in [1.82, 2.24) is 15.2 Å². The van der Waals surface area contributed by atoms with Gasteiger partial charge in [-0.05, 0) is 19.1 Å². The first kappa shape index (κ1) is 9.72. The minimum atomic E-state index is -0.411. The molecular formula is C9H9FN4O. The van der Waals surface area contributed by atoms with Gasteiger partial charge in [0.15, 0.2) is 0 Å². The summed E-state index contributed by atoms with van der Waals surface area (Å²) >= 11 is 0. The number of nitrogens with two attached hydrogens (primary N) is 1. The standard InChI is InChI=1S/C9H9FN4O/c1-5(11)8-13-14-9(15-8)7-3-2-6(10)4-12-7/h2-5H,11H2,1H3. The van der Waals surface area contributed by atoms with Crippen molar-refractivity contribution in [3.05, 3.63) is 30.0 Å². The lowest BCUT2D eigenvalue weighted by Crippen LogP contribution is -2.04. The Kier molecular flexibility index (Phi) is 2.42. The highest BCUT2D eigenvalue weighted by Crippen LogP contribution is 2.17. The Hall–Kier alpha value is -1.82. The van der Waals surface area contributed by atoms with Gasteiger partial charge in [-0.15, -0.1) is 10.2 Å². The van der Waals surface area contributed by atoms with Gasteiger partial charge in [0.05, 0.1) is 12.2 Å². The number of aromatic nitrogens is 3. The molecule has 1 atom stereocenters. The fourth-order valence-corrected chi connectivity index (χ4v) is 1.02. The van der Waals surface area contributed by atoms with Crippen LogP contribution in [-0.2, 0) is 0 Å². The van der Waals surface area contributed by atoms with E-state index in [-0.39, 0.29) is 11.9 Å². The second-order valence-corrected chi connectivity index (χ2v) is 3.10. The van der Waals surface area contributed by atoms with E-state index in [2.05, 4.69) is 15.2 Å². The average Bonchev–Trinajstić information content (AvgIpc) is 2.68. The van der Waals surface area contributed by atoms with Crippen molar-refractivity contribution in [3.8, 4) is 11.6 Å². The molecule has 0 radical (unpaired) electrons. The van der Waals surface area contributed by atoms with Gasteiger partial charge in [-0.3, -0.25) is 0 Å². The summed E-state index contributed by atoms with van der Waals surface area (Å²) in [5, 5.41) is 7.49. The first-order valence-electron chi connectivity index (χ1n) is 4.37. The molecule has 0 aliphatic rings. The Bertz CT molecular complexity index is 451. The summed E-state index contributed by atoms with van der Waals surface area (Å²) < 4.78 is 17.8. The van der Waals surface area contributed by atoms with E-state index in [0.717, 1.165) is 6.20 Å². The molecule has 0 aromatic carbocycles. The van der Waals surface area contributed by atoms with Gasteiger partial charge in [-0.1, -0.05) is 0 Å². The van der Waals surface area contributed by atoms with Crippen LogP contribution in [0.2, 0.25) is 0 Å². The molecule has 2 N–H and O–H groups in total. The number of nitrogens with zero attached hydrogens (tertiary/aromatic N) is 3. The highest BCUT2D eigenvalue weighted by Gasteiger charge is 2.12. The number of hydrogen-bond donors (Lipinski definition) is 1. The van der Waals surface area contributed by atoms with E-state index in [1.807, 2.05) is 0 Å². The van der Waals surface area contributed by atoms with Crippen molar-refractivity contribution in [2.24, 2.45) is 5.73 Å². The van der Waals surface area contributed by atoms with Crippen LogP contribution < -0.4 is 5.73 Å². The van der Waals surface area contributed by atoms with Crippen molar-refractivity contribution in [2.45, 2.75) is 13.0 Å². The Morgan fingerprint density at radius 1 is 1.40 bits per heavy atom. The molecule has 0 saturated carbocycles. The first-order chi connectivity index (χ1) is 7.16. The number of hydrogen-bond acceptors (Lipinski definition) is 5. The average molecular weight is 208 g/mol. The zero-order chi connectivity index (χ0) is 10.8.